The number of carbonyl (C=O) groups excluding carboxylic acids is 1. The summed E-state index contributed by atoms with van der Waals surface area (Å²) in [6, 6.07) is -1.01. The quantitative estimate of drug-likeness (QED) is 0.0308. The molecule has 440 valence electrons. The van der Waals surface area contributed by atoms with Crippen LogP contribution < -0.4 is 5.32 Å². The van der Waals surface area contributed by atoms with Crippen LogP contribution in [0.25, 0.3) is 0 Å². The van der Waals surface area contributed by atoms with Crippen LogP contribution >= 0.6 is 0 Å². The highest BCUT2D eigenvalue weighted by Crippen LogP contribution is 2.19. The van der Waals surface area contributed by atoms with Gasteiger partial charge in [-0.2, -0.15) is 0 Å². The minimum atomic E-state index is -1.29. The smallest absolute Gasteiger partial charge is 0.249 e. The number of aliphatic hydroxyl groups excluding tert-OH is 4. The third-order valence-corrected chi connectivity index (χ3v) is 16.1. The summed E-state index contributed by atoms with van der Waals surface area (Å²) in [5.41, 5.74) is 0. The van der Waals surface area contributed by atoms with Crippen molar-refractivity contribution in [1.29, 1.82) is 0 Å². The van der Waals surface area contributed by atoms with Gasteiger partial charge in [0.2, 0.25) is 5.91 Å². The lowest BCUT2D eigenvalue weighted by atomic mass is 10.00. The lowest BCUT2D eigenvalue weighted by molar-refractivity contribution is -0.132. The first-order valence-electron chi connectivity index (χ1n) is 33.7. The van der Waals surface area contributed by atoms with Crippen LogP contribution in [0.1, 0.15) is 373 Å². The molecule has 0 aliphatic rings. The number of hydrogen-bond acceptors (Lipinski definition) is 5. The number of unbranched alkanes of at least 4 members (excludes halogenated alkanes) is 50. The molecule has 0 radical (unpaired) electrons. The molecule has 0 aliphatic carbocycles. The fraction of sp³-hybridized carbons (Fsp3) is 0.926. The monoisotopic (exact) mass is 1040 g/mol. The number of allylic oxidation sites excluding steroid dienone is 4. The molecule has 0 rings (SSSR count). The van der Waals surface area contributed by atoms with Crippen molar-refractivity contribution in [3.05, 3.63) is 24.3 Å². The molecule has 5 N–H and O–H groups in total. The fourth-order valence-electron chi connectivity index (χ4n) is 10.9. The number of hydrogen-bond donors (Lipinski definition) is 5. The van der Waals surface area contributed by atoms with Crippen molar-refractivity contribution in [2.24, 2.45) is 0 Å². The van der Waals surface area contributed by atoms with Gasteiger partial charge in [-0.05, 0) is 51.4 Å². The predicted molar refractivity (Wildman–Crippen MR) is 325 cm³/mol. The number of rotatable bonds is 63. The summed E-state index contributed by atoms with van der Waals surface area (Å²) in [7, 11) is 0. The molecule has 0 aromatic carbocycles. The second-order valence-corrected chi connectivity index (χ2v) is 23.5. The van der Waals surface area contributed by atoms with Crippen LogP contribution in [0.2, 0.25) is 0 Å². The number of aliphatic hydroxyl groups is 4. The Morgan fingerprint density at radius 3 is 0.851 bits per heavy atom. The Morgan fingerprint density at radius 2 is 0.568 bits per heavy atom. The van der Waals surface area contributed by atoms with Crippen LogP contribution in [0.15, 0.2) is 24.3 Å². The van der Waals surface area contributed by atoms with Crippen molar-refractivity contribution in [1.82, 2.24) is 5.32 Å². The van der Waals surface area contributed by atoms with Gasteiger partial charge in [-0.15, -0.1) is 0 Å². The minimum Gasteiger partial charge on any atom is -0.394 e. The Balaban J connectivity index is 3.57. The maximum Gasteiger partial charge on any atom is 0.249 e. The molecule has 74 heavy (non-hydrogen) atoms. The maximum atomic E-state index is 12.6. The zero-order valence-electron chi connectivity index (χ0n) is 50.1. The van der Waals surface area contributed by atoms with Gasteiger partial charge in [0.1, 0.15) is 12.2 Å². The van der Waals surface area contributed by atoms with Crippen molar-refractivity contribution in [2.45, 2.75) is 398 Å². The zero-order chi connectivity index (χ0) is 53.7. The van der Waals surface area contributed by atoms with Crippen molar-refractivity contribution in [2.75, 3.05) is 6.61 Å². The standard InChI is InChI=1S/C68H133NO5/c1-3-5-7-9-11-13-15-17-19-21-23-25-27-29-31-32-33-34-35-36-38-40-42-44-46-48-50-52-54-56-58-60-62-66(72)68(74)69-64(63-70)67(73)65(71)61-59-57-55-53-51-49-47-45-43-41-39-37-30-28-26-24-22-20-18-16-14-12-10-8-6-4-2/h45,47,53,55,64-67,70-73H,3-44,46,48-52,54,56-63H2,1-2H3,(H,69,74)/b47-45+,55-53+. The maximum absolute atomic E-state index is 12.6. The van der Waals surface area contributed by atoms with Crippen molar-refractivity contribution >= 4 is 5.91 Å². The van der Waals surface area contributed by atoms with Crippen LogP contribution in [-0.2, 0) is 4.79 Å². The molecule has 4 atom stereocenters. The van der Waals surface area contributed by atoms with Gasteiger partial charge in [-0.3, -0.25) is 4.79 Å². The third-order valence-electron chi connectivity index (χ3n) is 16.1. The van der Waals surface area contributed by atoms with Crippen molar-refractivity contribution in [3.8, 4) is 0 Å². The molecule has 0 saturated heterocycles. The fourth-order valence-corrected chi connectivity index (χ4v) is 10.9. The zero-order valence-corrected chi connectivity index (χ0v) is 50.1. The van der Waals surface area contributed by atoms with E-state index in [-0.39, 0.29) is 0 Å². The van der Waals surface area contributed by atoms with Gasteiger partial charge >= 0.3 is 0 Å². The molecule has 0 fully saturated rings. The molecule has 0 aliphatic heterocycles. The van der Waals surface area contributed by atoms with E-state index in [9.17, 15) is 25.2 Å². The molecular weight excluding hydrogens is 911 g/mol. The summed E-state index contributed by atoms with van der Waals surface area (Å²) in [6.07, 6.45) is 78.7. The van der Waals surface area contributed by atoms with Crippen molar-refractivity contribution in [3.63, 3.8) is 0 Å². The van der Waals surface area contributed by atoms with Gasteiger partial charge in [0.05, 0.1) is 18.8 Å². The highest BCUT2D eigenvalue weighted by molar-refractivity contribution is 5.80. The average Bonchev–Trinajstić information content (AvgIpc) is 3.41. The second-order valence-electron chi connectivity index (χ2n) is 23.5. The van der Waals surface area contributed by atoms with E-state index in [0.717, 1.165) is 38.5 Å². The molecular formula is C68H133NO5. The SMILES string of the molecule is CCCCCCCCCCCCCCCCCCC/C=C/CC/C=C/CCCC(O)C(O)C(CO)NC(=O)C(O)CCCCCCCCCCCCCCCCCCCCCCCCCCCCCCCCCC. The highest BCUT2D eigenvalue weighted by Gasteiger charge is 2.28. The first kappa shape index (κ1) is 72.8. The summed E-state index contributed by atoms with van der Waals surface area (Å²) < 4.78 is 0. The van der Waals surface area contributed by atoms with E-state index in [1.807, 2.05) is 0 Å². The molecule has 6 heteroatoms. The minimum absolute atomic E-state index is 0.365. The van der Waals surface area contributed by atoms with E-state index in [2.05, 4.69) is 43.5 Å². The van der Waals surface area contributed by atoms with E-state index in [1.54, 1.807) is 0 Å². The lowest BCUT2D eigenvalue weighted by Crippen LogP contribution is -2.53. The number of amides is 1. The largest absolute Gasteiger partial charge is 0.394 e. The molecule has 0 bridgehead atoms. The predicted octanol–water partition coefficient (Wildman–Crippen LogP) is 20.5. The van der Waals surface area contributed by atoms with E-state index in [4.69, 9.17) is 0 Å². The number of carbonyl (C=O) groups is 1. The van der Waals surface area contributed by atoms with Gasteiger partial charge in [0, 0.05) is 0 Å². The molecule has 0 saturated carbocycles. The van der Waals surface area contributed by atoms with E-state index in [1.165, 1.54) is 302 Å². The molecule has 0 heterocycles. The van der Waals surface area contributed by atoms with Gasteiger partial charge in [0.25, 0.3) is 0 Å². The number of nitrogens with one attached hydrogen (secondary N) is 1. The molecule has 0 aromatic rings. The topological polar surface area (TPSA) is 110 Å². The van der Waals surface area contributed by atoms with Gasteiger partial charge in [-0.25, -0.2) is 0 Å². The highest BCUT2D eigenvalue weighted by atomic mass is 16.3. The first-order valence-corrected chi connectivity index (χ1v) is 33.7. The molecule has 6 nitrogen and oxygen atoms in total. The Bertz CT molecular complexity index is 1130. The summed E-state index contributed by atoms with van der Waals surface area (Å²) >= 11 is 0. The summed E-state index contributed by atoms with van der Waals surface area (Å²) in [6.45, 7) is 4.09. The van der Waals surface area contributed by atoms with E-state index in [0.29, 0.717) is 19.3 Å². The summed E-state index contributed by atoms with van der Waals surface area (Å²) in [4.78, 5) is 12.6. The van der Waals surface area contributed by atoms with Crippen LogP contribution in [0.4, 0.5) is 0 Å². The Kier molecular flexibility index (Phi) is 61.6. The van der Waals surface area contributed by atoms with Crippen LogP contribution in [0.3, 0.4) is 0 Å². The summed E-state index contributed by atoms with van der Waals surface area (Å²) in [5, 5.41) is 44.1. The molecule has 0 aromatic heterocycles. The van der Waals surface area contributed by atoms with E-state index < -0.39 is 36.9 Å². The van der Waals surface area contributed by atoms with Crippen molar-refractivity contribution < 1.29 is 25.2 Å². The average molecular weight is 1040 g/mol. The Labute approximate surface area is 463 Å². The van der Waals surface area contributed by atoms with Crippen LogP contribution in [0, 0.1) is 0 Å². The van der Waals surface area contributed by atoms with Gasteiger partial charge in [0.15, 0.2) is 0 Å². The normalized spacial score (nSPS) is 13.6. The van der Waals surface area contributed by atoms with Gasteiger partial charge < -0.3 is 25.7 Å². The van der Waals surface area contributed by atoms with Crippen LogP contribution in [-0.4, -0.2) is 57.3 Å². The Hall–Kier alpha value is -1.21. The van der Waals surface area contributed by atoms with E-state index >= 15 is 0 Å². The van der Waals surface area contributed by atoms with Gasteiger partial charge in [-0.1, -0.05) is 346 Å². The lowest BCUT2D eigenvalue weighted by Gasteiger charge is -2.27. The second kappa shape index (κ2) is 62.6. The molecule has 1 amide bonds. The molecule has 0 spiro atoms. The molecule has 4 unspecified atom stereocenters. The third kappa shape index (κ3) is 55.5. The van der Waals surface area contributed by atoms with Crippen LogP contribution in [0.5, 0.6) is 0 Å². The summed E-state index contributed by atoms with van der Waals surface area (Å²) in [5.74, 6) is -0.590. The first-order chi connectivity index (χ1) is 36.5. The Morgan fingerprint density at radius 1 is 0.324 bits per heavy atom.